The fourth-order valence-electron chi connectivity index (χ4n) is 4.21. The van der Waals surface area contributed by atoms with E-state index in [0.29, 0.717) is 42.6 Å². The number of methoxy groups -OCH3 is 2. The second kappa shape index (κ2) is 11.5. The molecule has 11 heteroatoms. The van der Waals surface area contributed by atoms with Crippen molar-refractivity contribution in [2.75, 3.05) is 33.9 Å². The SMILES string of the molecule is CCOC(=O)N1CCC(=C(c2cc(Cl)c(OC)c(C(=O)O)c2)c2cc(Cl)c(OC)c(C(=O)O)c2)CC1. The molecule has 3 rings (SSSR count). The van der Waals surface area contributed by atoms with Crippen molar-refractivity contribution in [3.8, 4) is 11.5 Å². The van der Waals surface area contributed by atoms with E-state index in [0.717, 1.165) is 5.57 Å². The number of piperidine rings is 1. The van der Waals surface area contributed by atoms with Crippen molar-refractivity contribution in [2.45, 2.75) is 19.8 Å². The summed E-state index contributed by atoms with van der Waals surface area (Å²) in [6.07, 6.45) is 0.456. The third-order valence-electron chi connectivity index (χ3n) is 5.78. The number of nitrogens with zero attached hydrogens (tertiary/aromatic N) is 1. The van der Waals surface area contributed by atoms with Crippen LogP contribution in [-0.4, -0.2) is 67.1 Å². The van der Waals surface area contributed by atoms with Crippen LogP contribution in [0.5, 0.6) is 11.5 Å². The topological polar surface area (TPSA) is 123 Å². The molecule has 0 unspecified atom stereocenters. The third-order valence-corrected chi connectivity index (χ3v) is 6.34. The number of hydrogen-bond donors (Lipinski definition) is 2. The average molecular weight is 538 g/mol. The van der Waals surface area contributed by atoms with Gasteiger partial charge in [-0.15, -0.1) is 0 Å². The van der Waals surface area contributed by atoms with Crippen LogP contribution < -0.4 is 9.47 Å². The summed E-state index contributed by atoms with van der Waals surface area (Å²) in [5, 5.41) is 19.7. The summed E-state index contributed by atoms with van der Waals surface area (Å²) in [4.78, 5) is 37.7. The normalized spacial score (nSPS) is 13.2. The Hall–Kier alpha value is -3.43. The van der Waals surface area contributed by atoms with Crippen LogP contribution in [0.15, 0.2) is 29.8 Å². The molecule has 1 amide bonds. The van der Waals surface area contributed by atoms with Crippen molar-refractivity contribution in [2.24, 2.45) is 0 Å². The Kier molecular flexibility index (Phi) is 8.70. The van der Waals surface area contributed by atoms with Crippen LogP contribution >= 0.6 is 23.2 Å². The van der Waals surface area contributed by atoms with Crippen LogP contribution in [0.3, 0.4) is 0 Å². The minimum atomic E-state index is -1.24. The van der Waals surface area contributed by atoms with E-state index in [1.165, 1.54) is 26.4 Å². The molecule has 0 spiro atoms. The Morgan fingerprint density at radius 2 is 1.31 bits per heavy atom. The number of carboxylic acids is 2. The molecule has 0 atom stereocenters. The lowest BCUT2D eigenvalue weighted by atomic mass is 9.87. The van der Waals surface area contributed by atoms with Crippen LogP contribution in [0.1, 0.15) is 51.6 Å². The van der Waals surface area contributed by atoms with E-state index in [1.807, 2.05) is 0 Å². The zero-order valence-corrected chi connectivity index (χ0v) is 21.4. The second-order valence-electron chi connectivity index (χ2n) is 7.85. The number of amides is 1. The molecule has 9 nitrogen and oxygen atoms in total. The number of ether oxygens (including phenoxy) is 3. The average Bonchev–Trinajstić information content (AvgIpc) is 2.84. The maximum Gasteiger partial charge on any atom is 0.409 e. The highest BCUT2D eigenvalue weighted by atomic mass is 35.5. The van der Waals surface area contributed by atoms with Crippen LogP contribution in [0.4, 0.5) is 4.79 Å². The summed E-state index contributed by atoms with van der Waals surface area (Å²) in [7, 11) is 2.64. The highest BCUT2D eigenvalue weighted by Crippen LogP contribution is 2.41. The van der Waals surface area contributed by atoms with Crippen LogP contribution in [0.2, 0.25) is 10.0 Å². The van der Waals surface area contributed by atoms with Gasteiger partial charge in [-0.05, 0) is 60.7 Å². The van der Waals surface area contributed by atoms with Gasteiger partial charge in [0.1, 0.15) is 11.1 Å². The Morgan fingerprint density at radius 1 is 0.861 bits per heavy atom. The first-order valence-electron chi connectivity index (χ1n) is 11.0. The largest absolute Gasteiger partial charge is 0.494 e. The molecule has 0 bridgehead atoms. The van der Waals surface area contributed by atoms with Gasteiger partial charge < -0.3 is 29.3 Å². The van der Waals surface area contributed by atoms with Crippen LogP contribution in [-0.2, 0) is 4.74 Å². The highest BCUT2D eigenvalue weighted by Gasteiger charge is 2.27. The Labute approximate surface area is 217 Å². The maximum absolute atomic E-state index is 12.2. The first-order valence-corrected chi connectivity index (χ1v) is 11.7. The predicted molar refractivity (Wildman–Crippen MR) is 134 cm³/mol. The monoisotopic (exact) mass is 537 g/mol. The van der Waals surface area contributed by atoms with Gasteiger partial charge in [0.05, 0.1) is 30.9 Å². The van der Waals surface area contributed by atoms with E-state index in [2.05, 4.69) is 0 Å². The molecule has 1 saturated heterocycles. The molecule has 0 aromatic heterocycles. The van der Waals surface area contributed by atoms with Crippen LogP contribution in [0, 0.1) is 0 Å². The molecule has 1 fully saturated rings. The molecular formula is C25H25Cl2NO8. The summed E-state index contributed by atoms with van der Waals surface area (Å²) < 4.78 is 15.5. The fraction of sp³-hybridized carbons (Fsp3) is 0.320. The standard InChI is InChI=1S/C25H25Cl2NO8/c1-4-36-25(33)28-7-5-13(6-8-28)20(14-9-16(23(29)30)21(34-2)18(26)11-14)15-10-17(24(31)32)22(35-3)19(27)12-15/h9-12H,4-8H2,1-3H3,(H,29,30)(H,31,32). The van der Waals surface area contributed by atoms with Gasteiger partial charge in [-0.25, -0.2) is 14.4 Å². The first-order chi connectivity index (χ1) is 17.1. The van der Waals surface area contributed by atoms with Gasteiger partial charge in [0.25, 0.3) is 0 Å². The molecule has 0 radical (unpaired) electrons. The van der Waals surface area contributed by atoms with Gasteiger partial charge in [0, 0.05) is 13.1 Å². The maximum atomic E-state index is 12.2. The second-order valence-corrected chi connectivity index (χ2v) is 8.67. The predicted octanol–water partition coefficient (Wildman–Crippen LogP) is 5.46. The molecule has 2 N–H and O–H groups in total. The number of carboxylic acid groups (broad SMARTS) is 2. The van der Waals surface area contributed by atoms with Crippen molar-refractivity contribution in [1.29, 1.82) is 0 Å². The van der Waals surface area contributed by atoms with Crippen molar-refractivity contribution >= 4 is 46.8 Å². The molecule has 1 heterocycles. The van der Waals surface area contributed by atoms with Crippen molar-refractivity contribution in [3.05, 3.63) is 62.1 Å². The van der Waals surface area contributed by atoms with E-state index in [1.54, 1.807) is 24.0 Å². The number of benzene rings is 2. The molecule has 0 aliphatic carbocycles. The number of aromatic carboxylic acids is 2. The molecule has 192 valence electrons. The van der Waals surface area contributed by atoms with E-state index in [4.69, 9.17) is 37.4 Å². The number of likely N-dealkylation sites (tertiary alicyclic amines) is 1. The first kappa shape index (κ1) is 27.2. The molecule has 0 saturated carbocycles. The van der Waals surface area contributed by atoms with Gasteiger partial charge in [-0.3, -0.25) is 0 Å². The molecule has 1 aliphatic heterocycles. The lowest BCUT2D eigenvalue weighted by molar-refractivity contribution is 0.0682. The van der Waals surface area contributed by atoms with Crippen LogP contribution in [0.25, 0.3) is 5.57 Å². The van der Waals surface area contributed by atoms with Gasteiger partial charge in [-0.2, -0.15) is 0 Å². The number of halogens is 2. The van der Waals surface area contributed by atoms with Gasteiger partial charge in [-0.1, -0.05) is 28.8 Å². The lowest BCUT2D eigenvalue weighted by Gasteiger charge is -2.30. The van der Waals surface area contributed by atoms with E-state index < -0.39 is 18.0 Å². The van der Waals surface area contributed by atoms with Crippen molar-refractivity contribution in [1.82, 2.24) is 4.90 Å². The Bertz CT molecular complexity index is 1160. The number of hydrogen-bond acceptors (Lipinski definition) is 6. The van der Waals surface area contributed by atoms with Crippen molar-refractivity contribution in [3.63, 3.8) is 0 Å². The summed E-state index contributed by atoms with van der Waals surface area (Å²) in [6, 6.07) is 5.97. The van der Waals surface area contributed by atoms with Gasteiger partial charge >= 0.3 is 18.0 Å². The number of rotatable bonds is 7. The fourth-order valence-corrected chi connectivity index (χ4v) is 4.80. The summed E-state index contributed by atoms with van der Waals surface area (Å²) in [5.74, 6) is -2.46. The molecule has 1 aliphatic rings. The molecule has 36 heavy (non-hydrogen) atoms. The zero-order chi connectivity index (χ0) is 26.6. The lowest BCUT2D eigenvalue weighted by Crippen LogP contribution is -2.37. The quantitative estimate of drug-likeness (QED) is 0.477. The van der Waals surface area contributed by atoms with Crippen molar-refractivity contribution < 1.29 is 38.8 Å². The zero-order valence-electron chi connectivity index (χ0n) is 19.9. The van der Waals surface area contributed by atoms with Gasteiger partial charge in [0.15, 0.2) is 11.5 Å². The minimum Gasteiger partial charge on any atom is -0.494 e. The number of carbonyl (C=O) groups excluding carboxylic acids is 1. The summed E-state index contributed by atoms with van der Waals surface area (Å²) in [5.41, 5.74) is 2.01. The number of carbonyl (C=O) groups is 3. The Morgan fingerprint density at radius 3 is 1.67 bits per heavy atom. The molecule has 2 aromatic carbocycles. The highest BCUT2D eigenvalue weighted by molar-refractivity contribution is 6.33. The van der Waals surface area contributed by atoms with E-state index in [-0.39, 0.29) is 39.3 Å². The third kappa shape index (κ3) is 5.52. The van der Waals surface area contributed by atoms with E-state index >= 15 is 0 Å². The summed E-state index contributed by atoms with van der Waals surface area (Å²) in [6.45, 7) is 2.71. The molecule has 2 aromatic rings. The summed E-state index contributed by atoms with van der Waals surface area (Å²) >= 11 is 12.8. The minimum absolute atomic E-state index is 0.00776. The smallest absolute Gasteiger partial charge is 0.409 e. The molecular weight excluding hydrogens is 513 g/mol. The van der Waals surface area contributed by atoms with E-state index in [9.17, 15) is 24.6 Å². The van der Waals surface area contributed by atoms with Gasteiger partial charge in [0.2, 0.25) is 0 Å². The Balaban J connectivity index is 2.25.